The van der Waals surface area contributed by atoms with E-state index >= 15 is 0 Å². The van der Waals surface area contributed by atoms with Crippen molar-refractivity contribution in [1.29, 1.82) is 0 Å². The lowest BCUT2D eigenvalue weighted by atomic mass is 10.1. The molecule has 1 aliphatic rings. The van der Waals surface area contributed by atoms with Crippen LogP contribution in [-0.4, -0.2) is 36.3 Å². The van der Waals surface area contributed by atoms with E-state index in [4.69, 9.17) is 14.0 Å². The first-order valence-electron chi connectivity index (χ1n) is 10.2. The minimum Gasteiger partial charge on any atom is -0.497 e. The lowest BCUT2D eigenvalue weighted by Crippen LogP contribution is -2.24. The van der Waals surface area contributed by atoms with Crippen molar-refractivity contribution in [3.8, 4) is 23.0 Å². The van der Waals surface area contributed by atoms with Gasteiger partial charge < -0.3 is 18.9 Å². The molecule has 2 aromatic carbocycles. The number of benzene rings is 2. The van der Waals surface area contributed by atoms with Crippen molar-refractivity contribution >= 4 is 11.6 Å². The van der Waals surface area contributed by atoms with Gasteiger partial charge in [0, 0.05) is 30.1 Å². The number of anilines is 1. The van der Waals surface area contributed by atoms with Gasteiger partial charge in [-0.2, -0.15) is 4.98 Å². The van der Waals surface area contributed by atoms with E-state index in [-0.39, 0.29) is 11.8 Å². The number of carbonyl (C=O) groups is 1. The van der Waals surface area contributed by atoms with E-state index in [2.05, 4.69) is 17.1 Å². The second-order valence-electron chi connectivity index (χ2n) is 7.29. The molecule has 1 saturated heterocycles. The Morgan fingerprint density at radius 1 is 1.10 bits per heavy atom. The highest BCUT2D eigenvalue weighted by Gasteiger charge is 2.34. The van der Waals surface area contributed by atoms with Gasteiger partial charge >= 0.3 is 0 Å². The summed E-state index contributed by atoms with van der Waals surface area (Å²) in [6.07, 6.45) is 2.49. The van der Waals surface area contributed by atoms with E-state index < -0.39 is 0 Å². The number of nitrogens with zero attached hydrogens (tertiary/aromatic N) is 3. The molecule has 0 spiro atoms. The Hall–Kier alpha value is -3.35. The van der Waals surface area contributed by atoms with Crippen LogP contribution in [0.25, 0.3) is 11.5 Å². The number of hydrogen-bond donors (Lipinski definition) is 0. The van der Waals surface area contributed by atoms with Crippen molar-refractivity contribution < 1.29 is 18.8 Å². The molecular weight excluding hydrogens is 382 g/mol. The third-order valence-corrected chi connectivity index (χ3v) is 5.18. The Morgan fingerprint density at radius 3 is 2.53 bits per heavy atom. The molecular formula is C23H25N3O4. The fourth-order valence-corrected chi connectivity index (χ4v) is 3.44. The van der Waals surface area contributed by atoms with E-state index in [0.717, 1.165) is 35.6 Å². The minimum atomic E-state index is -0.103. The number of hydrogen-bond acceptors (Lipinski definition) is 6. The zero-order valence-electron chi connectivity index (χ0n) is 17.2. The van der Waals surface area contributed by atoms with Gasteiger partial charge in [-0.25, -0.2) is 0 Å². The fourth-order valence-electron chi connectivity index (χ4n) is 3.44. The molecule has 30 heavy (non-hydrogen) atoms. The van der Waals surface area contributed by atoms with Gasteiger partial charge in [0.05, 0.1) is 13.7 Å². The number of carbonyl (C=O) groups excluding carboxylic acids is 1. The summed E-state index contributed by atoms with van der Waals surface area (Å²) in [6.45, 7) is 3.36. The average molecular weight is 407 g/mol. The molecule has 1 fully saturated rings. The summed E-state index contributed by atoms with van der Waals surface area (Å²) in [5.74, 6) is 2.52. The molecule has 0 saturated carbocycles. The number of aromatic nitrogens is 2. The highest BCUT2D eigenvalue weighted by Crippen LogP contribution is 2.32. The maximum absolute atomic E-state index is 12.5. The Bertz CT molecular complexity index is 982. The number of ether oxygens (including phenoxy) is 2. The molecule has 7 heteroatoms. The standard InChI is InChI=1S/C23H25N3O4/c1-3-4-13-29-20-9-5-16(6-10-20)23-24-22(25-30-23)17-14-21(27)26(15-17)18-7-11-19(28-2)12-8-18/h5-12,17H,3-4,13-15H2,1-2H3. The van der Waals surface area contributed by atoms with Gasteiger partial charge in [0.15, 0.2) is 5.82 Å². The van der Waals surface area contributed by atoms with Crippen LogP contribution in [0, 0.1) is 0 Å². The predicted molar refractivity (Wildman–Crippen MR) is 113 cm³/mol. The van der Waals surface area contributed by atoms with E-state index in [1.807, 2.05) is 48.5 Å². The Morgan fingerprint density at radius 2 is 1.83 bits per heavy atom. The monoisotopic (exact) mass is 407 g/mol. The second-order valence-corrected chi connectivity index (χ2v) is 7.29. The zero-order valence-corrected chi connectivity index (χ0v) is 17.2. The van der Waals surface area contributed by atoms with Crippen LogP contribution in [0.3, 0.4) is 0 Å². The van der Waals surface area contributed by atoms with E-state index in [9.17, 15) is 4.79 Å². The molecule has 0 aliphatic carbocycles. The number of amides is 1. The van der Waals surface area contributed by atoms with Crippen LogP contribution in [-0.2, 0) is 4.79 Å². The Balaban J connectivity index is 1.43. The lowest BCUT2D eigenvalue weighted by Gasteiger charge is -2.16. The molecule has 1 aliphatic heterocycles. The first kappa shape index (κ1) is 19.9. The molecule has 1 atom stereocenters. The third kappa shape index (κ3) is 4.30. The molecule has 2 heterocycles. The smallest absolute Gasteiger partial charge is 0.257 e. The normalized spacial score (nSPS) is 16.1. The summed E-state index contributed by atoms with van der Waals surface area (Å²) in [4.78, 5) is 18.8. The SMILES string of the molecule is CCCCOc1ccc(-c2nc(C3CC(=O)N(c4ccc(OC)cc4)C3)no2)cc1. The van der Waals surface area contributed by atoms with E-state index in [1.54, 1.807) is 12.0 Å². The number of rotatable bonds is 8. The zero-order chi connectivity index (χ0) is 20.9. The van der Waals surface area contributed by atoms with Gasteiger partial charge in [0.1, 0.15) is 11.5 Å². The quantitative estimate of drug-likeness (QED) is 0.514. The first-order chi connectivity index (χ1) is 14.7. The summed E-state index contributed by atoms with van der Waals surface area (Å²) in [6, 6.07) is 15.1. The van der Waals surface area contributed by atoms with Crippen molar-refractivity contribution in [1.82, 2.24) is 10.1 Å². The van der Waals surface area contributed by atoms with Gasteiger partial charge in [-0.1, -0.05) is 18.5 Å². The Labute approximate surface area is 175 Å². The molecule has 156 valence electrons. The maximum Gasteiger partial charge on any atom is 0.257 e. The van der Waals surface area contributed by atoms with Crippen molar-refractivity contribution in [3.63, 3.8) is 0 Å². The van der Waals surface area contributed by atoms with Gasteiger partial charge in [0.25, 0.3) is 5.89 Å². The van der Waals surface area contributed by atoms with Crippen LogP contribution in [0.1, 0.15) is 37.9 Å². The minimum absolute atomic E-state index is 0.0464. The topological polar surface area (TPSA) is 77.7 Å². The molecule has 1 aromatic heterocycles. The summed E-state index contributed by atoms with van der Waals surface area (Å²) in [5.41, 5.74) is 1.67. The van der Waals surface area contributed by atoms with E-state index in [1.165, 1.54) is 0 Å². The molecule has 4 rings (SSSR count). The molecule has 7 nitrogen and oxygen atoms in total. The first-order valence-corrected chi connectivity index (χ1v) is 10.2. The molecule has 0 bridgehead atoms. The van der Waals surface area contributed by atoms with Crippen LogP contribution < -0.4 is 14.4 Å². The fraction of sp³-hybridized carbons (Fsp3) is 0.348. The van der Waals surface area contributed by atoms with E-state index in [0.29, 0.717) is 31.3 Å². The Kier molecular flexibility index (Phi) is 5.97. The van der Waals surface area contributed by atoms with Crippen LogP contribution in [0.5, 0.6) is 11.5 Å². The highest BCUT2D eigenvalue weighted by molar-refractivity contribution is 5.96. The summed E-state index contributed by atoms with van der Waals surface area (Å²) in [5, 5.41) is 4.13. The molecule has 0 radical (unpaired) electrons. The molecule has 3 aromatic rings. The predicted octanol–water partition coefficient (Wildman–Crippen LogP) is 4.44. The van der Waals surface area contributed by atoms with Crippen molar-refractivity contribution in [2.24, 2.45) is 0 Å². The van der Waals surface area contributed by atoms with Crippen molar-refractivity contribution in [2.45, 2.75) is 32.1 Å². The summed E-state index contributed by atoms with van der Waals surface area (Å²) < 4.78 is 16.3. The third-order valence-electron chi connectivity index (χ3n) is 5.18. The average Bonchev–Trinajstić information content (AvgIpc) is 3.42. The van der Waals surface area contributed by atoms with Gasteiger partial charge in [-0.3, -0.25) is 4.79 Å². The summed E-state index contributed by atoms with van der Waals surface area (Å²) in [7, 11) is 1.62. The van der Waals surface area contributed by atoms with Crippen molar-refractivity contribution in [3.05, 3.63) is 54.4 Å². The molecule has 1 amide bonds. The largest absolute Gasteiger partial charge is 0.497 e. The number of unbranched alkanes of at least 4 members (excludes halogenated alkanes) is 1. The van der Waals surface area contributed by atoms with Crippen LogP contribution in [0.15, 0.2) is 53.1 Å². The van der Waals surface area contributed by atoms with Gasteiger partial charge in [-0.15, -0.1) is 0 Å². The maximum atomic E-state index is 12.5. The lowest BCUT2D eigenvalue weighted by molar-refractivity contribution is -0.117. The molecule has 1 unspecified atom stereocenters. The number of methoxy groups -OCH3 is 1. The second kappa shape index (κ2) is 8.98. The highest BCUT2D eigenvalue weighted by atomic mass is 16.5. The van der Waals surface area contributed by atoms with Crippen molar-refractivity contribution in [2.75, 3.05) is 25.2 Å². The van der Waals surface area contributed by atoms with Crippen LogP contribution in [0.2, 0.25) is 0 Å². The van der Waals surface area contributed by atoms with Gasteiger partial charge in [0.2, 0.25) is 5.91 Å². The van der Waals surface area contributed by atoms with Gasteiger partial charge in [-0.05, 0) is 55.0 Å². The molecule has 0 N–H and O–H groups in total. The van der Waals surface area contributed by atoms with Crippen LogP contribution >= 0.6 is 0 Å². The summed E-state index contributed by atoms with van der Waals surface area (Å²) >= 11 is 0. The van der Waals surface area contributed by atoms with Crippen LogP contribution in [0.4, 0.5) is 5.69 Å².